The zero-order valence-corrected chi connectivity index (χ0v) is 16.0. The Kier molecular flexibility index (Phi) is 10.5. The number of rotatable bonds is 8. The van der Waals surface area contributed by atoms with Gasteiger partial charge in [-0.3, -0.25) is 4.79 Å². The van der Waals surface area contributed by atoms with Crippen LogP contribution in [0.1, 0.15) is 15.5 Å². The van der Waals surface area contributed by atoms with Gasteiger partial charge in [0.1, 0.15) is 5.69 Å². The number of thiazole rings is 1. The third kappa shape index (κ3) is 7.45. The third-order valence-electron chi connectivity index (χ3n) is 2.87. The molecule has 0 aromatic carbocycles. The first kappa shape index (κ1) is 25.3. The predicted octanol–water partition coefficient (Wildman–Crippen LogP) is 3.41. The van der Waals surface area contributed by atoms with Gasteiger partial charge in [0, 0.05) is 17.9 Å². The van der Waals surface area contributed by atoms with E-state index in [1.165, 1.54) is 23.5 Å². The number of carbonyl (C=O) groups is 1. The number of hydrogen-bond acceptors (Lipinski definition) is 6. The first-order valence-electron chi connectivity index (χ1n) is 7.02. The molecular weight excluding hydrogens is 435 g/mol. The lowest BCUT2D eigenvalue weighted by Gasteiger charge is -2.15. The Bertz CT molecular complexity index is 719. The molecular formula is C14H16Cl2F4N4O2S. The minimum absolute atomic E-state index is 0. The number of amides is 1. The third-order valence-corrected chi connectivity index (χ3v) is 3.78. The lowest BCUT2D eigenvalue weighted by molar-refractivity contribution is -0.148. The largest absolute Gasteiger partial charge is 0.471 e. The van der Waals surface area contributed by atoms with Gasteiger partial charge in [0.05, 0.1) is 16.9 Å². The topological polar surface area (TPSA) is 90.1 Å². The lowest BCUT2D eigenvalue weighted by Crippen LogP contribution is -2.33. The van der Waals surface area contributed by atoms with Crippen LogP contribution in [0.2, 0.25) is 0 Å². The number of carbonyl (C=O) groups excluding carboxylic acids is 1. The predicted molar refractivity (Wildman–Crippen MR) is 98.0 cm³/mol. The number of pyridine rings is 1. The molecule has 0 saturated heterocycles. The van der Waals surface area contributed by atoms with E-state index in [0.717, 1.165) is 11.2 Å². The molecule has 0 saturated carbocycles. The average molecular weight is 451 g/mol. The van der Waals surface area contributed by atoms with Crippen LogP contribution in [0.5, 0.6) is 5.88 Å². The maximum Gasteiger partial charge on any atom is 0.340 e. The van der Waals surface area contributed by atoms with E-state index in [1.54, 1.807) is 5.38 Å². The number of hydrogen-bond donors (Lipinski definition) is 2. The Hall–Kier alpha value is -1.69. The molecule has 27 heavy (non-hydrogen) atoms. The van der Waals surface area contributed by atoms with Gasteiger partial charge in [0.15, 0.2) is 6.61 Å². The van der Waals surface area contributed by atoms with Gasteiger partial charge in [-0.1, -0.05) is 0 Å². The molecule has 3 N–H and O–H groups in total. The highest BCUT2D eigenvalue weighted by molar-refractivity contribution is 7.09. The van der Waals surface area contributed by atoms with Crippen LogP contribution in [0, 0.1) is 0 Å². The summed E-state index contributed by atoms with van der Waals surface area (Å²) in [4.78, 5) is 19.8. The van der Waals surface area contributed by atoms with Crippen molar-refractivity contribution in [1.82, 2.24) is 9.97 Å². The maximum absolute atomic E-state index is 12.8. The molecule has 2 rings (SSSR count). The van der Waals surface area contributed by atoms with Crippen LogP contribution in [0.4, 0.5) is 23.2 Å². The van der Waals surface area contributed by atoms with Gasteiger partial charge in [0.25, 0.3) is 5.91 Å². The van der Waals surface area contributed by atoms with Crippen molar-refractivity contribution < 1.29 is 27.1 Å². The van der Waals surface area contributed by atoms with Crippen LogP contribution in [0.3, 0.4) is 0 Å². The van der Waals surface area contributed by atoms with Gasteiger partial charge in [0.2, 0.25) is 5.88 Å². The fourth-order valence-corrected chi connectivity index (χ4v) is 2.42. The van der Waals surface area contributed by atoms with Crippen molar-refractivity contribution in [3.05, 3.63) is 34.4 Å². The number of anilines is 1. The van der Waals surface area contributed by atoms with E-state index in [9.17, 15) is 22.4 Å². The number of nitrogens with one attached hydrogen (secondary N) is 1. The van der Waals surface area contributed by atoms with Gasteiger partial charge in [-0.15, -0.1) is 36.2 Å². The summed E-state index contributed by atoms with van der Waals surface area (Å²) >= 11 is 1.31. The van der Waals surface area contributed by atoms with Gasteiger partial charge < -0.3 is 15.8 Å². The number of ether oxygens (including phenoxy) is 1. The Morgan fingerprint density at radius 3 is 2.59 bits per heavy atom. The summed E-state index contributed by atoms with van der Waals surface area (Å²) in [5, 5.41) is 4.83. The monoisotopic (exact) mass is 450 g/mol. The summed E-state index contributed by atoms with van der Waals surface area (Å²) in [6.45, 7) is -1.07. The Morgan fingerprint density at radius 1 is 1.33 bits per heavy atom. The molecule has 1 amide bonds. The summed E-state index contributed by atoms with van der Waals surface area (Å²) in [6.07, 6.45) is -2.11. The van der Waals surface area contributed by atoms with Crippen molar-refractivity contribution in [2.45, 2.75) is 18.8 Å². The number of alkyl halides is 4. The fourth-order valence-electron chi connectivity index (χ4n) is 1.62. The zero-order chi connectivity index (χ0) is 18.4. The minimum atomic E-state index is -4.26. The van der Waals surface area contributed by atoms with E-state index < -0.39 is 24.9 Å². The highest BCUT2D eigenvalue weighted by atomic mass is 35.5. The van der Waals surface area contributed by atoms with Crippen molar-refractivity contribution in [1.29, 1.82) is 0 Å². The molecule has 2 heterocycles. The summed E-state index contributed by atoms with van der Waals surface area (Å²) in [5.41, 5.74) is 5.89. The second kappa shape index (κ2) is 11.2. The Morgan fingerprint density at radius 2 is 2.04 bits per heavy atom. The molecule has 2 aromatic rings. The summed E-state index contributed by atoms with van der Waals surface area (Å²) in [7, 11) is 0. The molecule has 6 nitrogen and oxygen atoms in total. The molecule has 0 aliphatic carbocycles. The van der Waals surface area contributed by atoms with Gasteiger partial charge in [-0.2, -0.15) is 8.78 Å². The molecule has 2 aromatic heterocycles. The molecule has 152 valence electrons. The fraction of sp³-hybridized carbons (Fsp3) is 0.357. The Balaban J connectivity index is 0.00000338. The quantitative estimate of drug-likeness (QED) is 0.601. The first-order chi connectivity index (χ1) is 11.8. The van der Waals surface area contributed by atoms with E-state index in [-0.39, 0.29) is 42.1 Å². The van der Waals surface area contributed by atoms with Crippen molar-refractivity contribution in [2.24, 2.45) is 5.73 Å². The van der Waals surface area contributed by atoms with Crippen LogP contribution < -0.4 is 15.8 Å². The molecule has 0 unspecified atom stereocenters. The van der Waals surface area contributed by atoms with Crippen LogP contribution in [-0.4, -0.2) is 41.4 Å². The molecule has 0 spiro atoms. The van der Waals surface area contributed by atoms with Gasteiger partial charge >= 0.3 is 12.3 Å². The van der Waals surface area contributed by atoms with Crippen molar-refractivity contribution in [3.8, 4) is 5.88 Å². The van der Waals surface area contributed by atoms with E-state index >= 15 is 0 Å². The highest BCUT2D eigenvalue weighted by Crippen LogP contribution is 2.24. The first-order valence-corrected chi connectivity index (χ1v) is 7.90. The molecule has 0 atom stereocenters. The standard InChI is InChI=1S/C14H14F4N4O2S.2ClH/c15-13(16)14(17,18)7-24-10-2-1-8(5-20-10)21-12(23)9-6-25-11(22-9)3-4-19;;/h1-2,5-6,13H,3-4,7,19H2,(H,21,23);2*1H. The number of halogens is 6. The lowest BCUT2D eigenvalue weighted by atomic mass is 10.3. The van der Waals surface area contributed by atoms with Crippen LogP contribution in [-0.2, 0) is 6.42 Å². The van der Waals surface area contributed by atoms with Gasteiger partial charge in [-0.25, -0.2) is 18.7 Å². The average Bonchev–Trinajstić information content (AvgIpc) is 3.03. The summed E-state index contributed by atoms with van der Waals surface area (Å²) in [6, 6.07) is 2.52. The summed E-state index contributed by atoms with van der Waals surface area (Å²) < 4.78 is 54.1. The molecule has 0 aliphatic heterocycles. The zero-order valence-electron chi connectivity index (χ0n) is 13.5. The van der Waals surface area contributed by atoms with Crippen LogP contribution in [0.25, 0.3) is 0 Å². The van der Waals surface area contributed by atoms with E-state index in [2.05, 4.69) is 20.0 Å². The molecule has 0 aliphatic rings. The smallest absolute Gasteiger partial charge is 0.340 e. The van der Waals surface area contributed by atoms with E-state index in [4.69, 9.17) is 5.73 Å². The molecule has 0 radical (unpaired) electrons. The van der Waals surface area contributed by atoms with E-state index in [0.29, 0.717) is 13.0 Å². The minimum Gasteiger partial charge on any atom is -0.471 e. The SMILES string of the molecule is Cl.Cl.NCCc1nc(C(=O)Nc2ccc(OCC(F)(F)C(F)F)nc2)cs1. The molecule has 13 heteroatoms. The maximum atomic E-state index is 12.8. The summed E-state index contributed by atoms with van der Waals surface area (Å²) in [5.74, 6) is -5.00. The molecule has 0 fully saturated rings. The van der Waals surface area contributed by atoms with Crippen LogP contribution in [0.15, 0.2) is 23.7 Å². The number of nitrogens with two attached hydrogens (primary N) is 1. The second-order valence-electron chi connectivity index (χ2n) is 4.85. The van der Waals surface area contributed by atoms with Crippen LogP contribution >= 0.6 is 36.2 Å². The van der Waals surface area contributed by atoms with E-state index in [1.807, 2.05) is 0 Å². The second-order valence-corrected chi connectivity index (χ2v) is 5.80. The van der Waals surface area contributed by atoms with Crippen molar-refractivity contribution >= 4 is 47.7 Å². The number of nitrogens with zero attached hydrogens (tertiary/aromatic N) is 2. The number of aromatic nitrogens is 2. The normalized spacial score (nSPS) is 10.7. The highest BCUT2D eigenvalue weighted by Gasteiger charge is 2.41. The van der Waals surface area contributed by atoms with Gasteiger partial charge in [-0.05, 0) is 12.6 Å². The van der Waals surface area contributed by atoms with Crippen molar-refractivity contribution in [2.75, 3.05) is 18.5 Å². The molecule has 0 bridgehead atoms. The Labute approximate surface area is 168 Å². The van der Waals surface area contributed by atoms with Crippen molar-refractivity contribution in [3.63, 3.8) is 0 Å².